The fourth-order valence-corrected chi connectivity index (χ4v) is 2.16. The molecular weight excluding hydrogens is 244 g/mol. The first kappa shape index (κ1) is 14.5. The van der Waals surface area contributed by atoms with Crippen LogP contribution in [-0.2, 0) is 12.8 Å². The number of rotatable bonds is 6. The first-order valence-corrected chi connectivity index (χ1v) is 7.07. The molecule has 1 aromatic rings. The fraction of sp³-hybridized carbons (Fsp3) is 0.538. The van der Waals surface area contributed by atoms with Crippen molar-refractivity contribution in [2.24, 2.45) is 4.99 Å². The van der Waals surface area contributed by atoms with Crippen molar-refractivity contribution in [3.05, 3.63) is 16.1 Å². The highest BCUT2D eigenvalue weighted by molar-refractivity contribution is 7.09. The van der Waals surface area contributed by atoms with E-state index in [1.54, 1.807) is 11.3 Å². The number of aliphatic imine (C=N–C) groups is 1. The average molecular weight is 264 g/mol. The number of guanidine groups is 1. The van der Waals surface area contributed by atoms with E-state index in [0.29, 0.717) is 13.1 Å². The maximum Gasteiger partial charge on any atom is 0.192 e. The van der Waals surface area contributed by atoms with Gasteiger partial charge in [-0.2, -0.15) is 0 Å². The van der Waals surface area contributed by atoms with E-state index in [4.69, 9.17) is 6.42 Å². The first-order valence-electron chi connectivity index (χ1n) is 6.19. The summed E-state index contributed by atoms with van der Waals surface area (Å²) >= 11 is 1.72. The summed E-state index contributed by atoms with van der Waals surface area (Å²) in [7, 11) is 0. The van der Waals surface area contributed by atoms with Crippen LogP contribution < -0.4 is 10.6 Å². The molecule has 1 aromatic heterocycles. The van der Waals surface area contributed by atoms with Crippen molar-refractivity contribution in [3.8, 4) is 12.3 Å². The lowest BCUT2D eigenvalue weighted by Crippen LogP contribution is -2.37. The van der Waals surface area contributed by atoms with Crippen molar-refractivity contribution < 1.29 is 0 Å². The molecule has 1 heterocycles. The molecule has 5 heteroatoms. The van der Waals surface area contributed by atoms with E-state index in [0.717, 1.165) is 31.0 Å². The summed E-state index contributed by atoms with van der Waals surface area (Å²) in [6.45, 7) is 6.18. The first-order chi connectivity index (χ1) is 8.80. The number of terminal acetylenes is 1. The Labute approximate surface area is 113 Å². The lowest BCUT2D eigenvalue weighted by Gasteiger charge is -2.08. The number of nitrogens with one attached hydrogen (secondary N) is 2. The van der Waals surface area contributed by atoms with E-state index in [1.807, 2.05) is 6.92 Å². The lowest BCUT2D eigenvalue weighted by molar-refractivity contribution is 0.847. The molecule has 0 saturated carbocycles. The Morgan fingerprint density at radius 1 is 1.50 bits per heavy atom. The Kier molecular flexibility index (Phi) is 6.89. The van der Waals surface area contributed by atoms with E-state index < -0.39 is 0 Å². The van der Waals surface area contributed by atoms with Gasteiger partial charge in [-0.3, -0.25) is 4.99 Å². The molecule has 98 valence electrons. The van der Waals surface area contributed by atoms with Gasteiger partial charge in [0.15, 0.2) is 5.96 Å². The molecular formula is C13H20N4S. The summed E-state index contributed by atoms with van der Waals surface area (Å²) < 4.78 is 0. The molecule has 0 aliphatic carbocycles. The van der Waals surface area contributed by atoms with E-state index in [-0.39, 0.29) is 0 Å². The molecule has 0 unspecified atom stereocenters. The molecule has 0 aromatic carbocycles. The number of hydrogen-bond acceptors (Lipinski definition) is 3. The number of thiazole rings is 1. The third-order valence-electron chi connectivity index (χ3n) is 2.24. The van der Waals surface area contributed by atoms with E-state index in [1.165, 1.54) is 5.01 Å². The van der Waals surface area contributed by atoms with Crippen LogP contribution in [0.1, 0.15) is 24.5 Å². The zero-order valence-corrected chi connectivity index (χ0v) is 11.8. The second-order valence-electron chi connectivity index (χ2n) is 3.65. The fourth-order valence-electron chi connectivity index (χ4n) is 1.38. The summed E-state index contributed by atoms with van der Waals surface area (Å²) in [6, 6.07) is 0. The van der Waals surface area contributed by atoms with Crippen LogP contribution in [0.5, 0.6) is 0 Å². The van der Waals surface area contributed by atoms with Crippen LogP contribution in [0.2, 0.25) is 0 Å². The standard InChI is InChI=1S/C13H20N4S/c1-4-8-15-13(14-6-3)16-9-7-11-10-18-12(5-2)17-11/h1,10H,5-9H2,2-3H3,(H2,14,15,16). The highest BCUT2D eigenvalue weighted by atomic mass is 32.1. The minimum Gasteiger partial charge on any atom is -0.357 e. The van der Waals surface area contributed by atoms with E-state index in [2.05, 4.69) is 38.8 Å². The zero-order valence-electron chi connectivity index (χ0n) is 11.0. The van der Waals surface area contributed by atoms with Gasteiger partial charge in [-0.05, 0) is 13.3 Å². The molecule has 1 rings (SSSR count). The maximum absolute atomic E-state index is 5.21. The van der Waals surface area contributed by atoms with Gasteiger partial charge in [-0.15, -0.1) is 17.8 Å². The largest absolute Gasteiger partial charge is 0.357 e. The van der Waals surface area contributed by atoms with Gasteiger partial charge < -0.3 is 10.6 Å². The predicted molar refractivity (Wildman–Crippen MR) is 78.0 cm³/mol. The summed E-state index contributed by atoms with van der Waals surface area (Å²) in [5.41, 5.74) is 1.12. The third kappa shape index (κ3) is 5.19. The van der Waals surface area contributed by atoms with Gasteiger partial charge in [0.2, 0.25) is 0 Å². The third-order valence-corrected chi connectivity index (χ3v) is 3.28. The van der Waals surface area contributed by atoms with Crippen LogP contribution >= 0.6 is 11.3 Å². The molecule has 0 saturated heterocycles. The summed E-state index contributed by atoms with van der Waals surface area (Å²) in [5.74, 6) is 3.30. The summed E-state index contributed by atoms with van der Waals surface area (Å²) in [4.78, 5) is 8.95. The SMILES string of the molecule is C#CCNC(=NCCc1csc(CC)n1)NCC. The molecule has 2 N–H and O–H groups in total. The van der Waals surface area contributed by atoms with Crippen molar-refractivity contribution >= 4 is 17.3 Å². The van der Waals surface area contributed by atoms with Gasteiger partial charge in [-0.1, -0.05) is 12.8 Å². The smallest absolute Gasteiger partial charge is 0.192 e. The number of aromatic nitrogens is 1. The monoisotopic (exact) mass is 264 g/mol. The molecule has 4 nitrogen and oxygen atoms in total. The van der Waals surface area contributed by atoms with Crippen LogP contribution in [0, 0.1) is 12.3 Å². The van der Waals surface area contributed by atoms with E-state index >= 15 is 0 Å². The Balaban J connectivity index is 2.42. The topological polar surface area (TPSA) is 49.3 Å². The number of hydrogen-bond donors (Lipinski definition) is 2. The Morgan fingerprint density at radius 2 is 2.33 bits per heavy atom. The summed E-state index contributed by atoms with van der Waals surface area (Å²) in [6.07, 6.45) is 7.07. The van der Waals surface area contributed by atoms with Gasteiger partial charge in [0.1, 0.15) is 0 Å². The molecule has 0 bridgehead atoms. The van der Waals surface area contributed by atoms with Crippen LogP contribution in [0.15, 0.2) is 10.4 Å². The second kappa shape index (κ2) is 8.54. The van der Waals surface area contributed by atoms with Gasteiger partial charge in [0.05, 0.1) is 17.2 Å². The van der Waals surface area contributed by atoms with Crippen molar-refractivity contribution in [1.29, 1.82) is 0 Å². The zero-order chi connectivity index (χ0) is 13.2. The minimum absolute atomic E-state index is 0.489. The molecule has 18 heavy (non-hydrogen) atoms. The Morgan fingerprint density at radius 3 is 2.94 bits per heavy atom. The van der Waals surface area contributed by atoms with Crippen molar-refractivity contribution in [2.45, 2.75) is 26.7 Å². The molecule has 0 aliphatic heterocycles. The number of nitrogens with zero attached hydrogens (tertiary/aromatic N) is 2. The van der Waals surface area contributed by atoms with Gasteiger partial charge in [0.25, 0.3) is 0 Å². The minimum atomic E-state index is 0.489. The average Bonchev–Trinajstić information content (AvgIpc) is 2.84. The molecule has 0 fully saturated rings. The highest BCUT2D eigenvalue weighted by Gasteiger charge is 2.00. The Hall–Kier alpha value is -1.54. The van der Waals surface area contributed by atoms with Crippen LogP contribution in [0.3, 0.4) is 0 Å². The molecule has 0 atom stereocenters. The maximum atomic E-state index is 5.21. The molecule has 0 aliphatic rings. The lowest BCUT2D eigenvalue weighted by atomic mass is 10.3. The van der Waals surface area contributed by atoms with Gasteiger partial charge in [0, 0.05) is 24.9 Å². The predicted octanol–water partition coefficient (Wildman–Crippen LogP) is 1.44. The van der Waals surface area contributed by atoms with Crippen molar-refractivity contribution in [3.63, 3.8) is 0 Å². The van der Waals surface area contributed by atoms with Crippen LogP contribution in [0.25, 0.3) is 0 Å². The van der Waals surface area contributed by atoms with Crippen molar-refractivity contribution in [2.75, 3.05) is 19.6 Å². The van der Waals surface area contributed by atoms with E-state index in [9.17, 15) is 0 Å². The summed E-state index contributed by atoms with van der Waals surface area (Å²) in [5, 5.41) is 9.50. The Bertz CT molecular complexity index is 417. The second-order valence-corrected chi connectivity index (χ2v) is 4.60. The molecule has 0 amide bonds. The van der Waals surface area contributed by atoms with Gasteiger partial charge >= 0.3 is 0 Å². The van der Waals surface area contributed by atoms with Crippen molar-refractivity contribution in [1.82, 2.24) is 15.6 Å². The normalized spacial score (nSPS) is 11.1. The molecule has 0 radical (unpaired) electrons. The molecule has 0 spiro atoms. The van der Waals surface area contributed by atoms with Crippen LogP contribution in [-0.4, -0.2) is 30.6 Å². The quantitative estimate of drug-likeness (QED) is 0.464. The number of aryl methyl sites for hydroxylation is 1. The van der Waals surface area contributed by atoms with Gasteiger partial charge in [-0.25, -0.2) is 4.98 Å². The highest BCUT2D eigenvalue weighted by Crippen LogP contribution is 2.10. The van der Waals surface area contributed by atoms with Crippen LogP contribution in [0.4, 0.5) is 0 Å².